The molecule has 1 aliphatic carbocycles. The molecule has 0 unspecified atom stereocenters. The van der Waals surface area contributed by atoms with Crippen LogP contribution in [0.1, 0.15) is 53.9 Å². The van der Waals surface area contributed by atoms with E-state index < -0.39 is 5.91 Å². The Hall–Kier alpha value is -3.02. The summed E-state index contributed by atoms with van der Waals surface area (Å²) >= 11 is 0. The van der Waals surface area contributed by atoms with Crippen molar-refractivity contribution >= 4 is 17.5 Å². The molecule has 1 saturated carbocycles. The van der Waals surface area contributed by atoms with Crippen LogP contribution in [0.3, 0.4) is 0 Å². The van der Waals surface area contributed by atoms with Crippen LogP contribution in [0.4, 0.5) is 5.69 Å². The number of rotatable bonds is 5. The van der Waals surface area contributed by atoms with Gasteiger partial charge in [-0.05, 0) is 61.6 Å². The van der Waals surface area contributed by atoms with Crippen LogP contribution in [0.5, 0.6) is 11.5 Å². The van der Waals surface area contributed by atoms with Gasteiger partial charge in [-0.25, -0.2) is 0 Å². The zero-order valence-corrected chi connectivity index (χ0v) is 15.6. The van der Waals surface area contributed by atoms with Crippen LogP contribution in [-0.2, 0) is 4.79 Å². The first kappa shape index (κ1) is 18.3. The molecule has 3 N–H and O–H groups in total. The molecule has 0 radical (unpaired) electrons. The van der Waals surface area contributed by atoms with Crippen LogP contribution in [0.15, 0.2) is 42.5 Å². The molecule has 1 heterocycles. The molecule has 1 saturated heterocycles. The van der Waals surface area contributed by atoms with E-state index in [2.05, 4.69) is 0 Å². The monoisotopic (exact) mass is 380 g/mol. The minimum atomic E-state index is -0.516. The molecule has 1 aliphatic heterocycles. The predicted octanol–water partition coefficient (Wildman–Crippen LogP) is 3.33. The zero-order valence-electron chi connectivity index (χ0n) is 15.6. The van der Waals surface area contributed by atoms with Crippen molar-refractivity contribution in [2.75, 3.05) is 11.4 Å². The fourth-order valence-electron chi connectivity index (χ4n) is 4.07. The standard InChI is InChI=1S/C22H24N2O4/c23-22(27)15-4-3-5-17(10-15)24-13-16(12-21(24)26)14-8-9-19(25)20(11-14)28-18-6-1-2-7-18/h3-5,8-11,16,18,25H,1-2,6-7,12-13H2,(H2,23,27)/t16-/m0/s1. The lowest BCUT2D eigenvalue weighted by atomic mass is 9.98. The third kappa shape index (κ3) is 3.67. The number of phenolic OH excluding ortho intramolecular Hbond substituents is 1. The number of hydrogen-bond donors (Lipinski definition) is 2. The highest BCUT2D eigenvalue weighted by Gasteiger charge is 2.32. The maximum absolute atomic E-state index is 12.6. The van der Waals surface area contributed by atoms with Gasteiger partial charge in [-0.2, -0.15) is 0 Å². The van der Waals surface area contributed by atoms with Gasteiger partial charge in [0.1, 0.15) is 0 Å². The Morgan fingerprint density at radius 1 is 1.14 bits per heavy atom. The van der Waals surface area contributed by atoms with E-state index in [4.69, 9.17) is 10.5 Å². The number of benzene rings is 2. The summed E-state index contributed by atoms with van der Waals surface area (Å²) in [4.78, 5) is 25.7. The minimum Gasteiger partial charge on any atom is -0.504 e. The van der Waals surface area contributed by atoms with Crippen LogP contribution in [0, 0.1) is 0 Å². The van der Waals surface area contributed by atoms with Gasteiger partial charge in [0.05, 0.1) is 6.10 Å². The number of aromatic hydroxyl groups is 1. The molecular weight excluding hydrogens is 356 g/mol. The van der Waals surface area contributed by atoms with E-state index in [0.29, 0.717) is 30.0 Å². The SMILES string of the molecule is NC(=O)c1cccc(N2C[C@@H](c3ccc(O)c(OC4CCCC4)c3)CC2=O)c1. The number of carbonyl (C=O) groups excluding carboxylic acids is 2. The van der Waals surface area contributed by atoms with Crippen molar-refractivity contribution in [1.29, 1.82) is 0 Å². The summed E-state index contributed by atoms with van der Waals surface area (Å²) < 4.78 is 5.99. The average molecular weight is 380 g/mol. The first-order valence-corrected chi connectivity index (χ1v) is 9.71. The summed E-state index contributed by atoms with van der Waals surface area (Å²) in [5, 5.41) is 10.2. The maximum atomic E-state index is 12.6. The van der Waals surface area contributed by atoms with Gasteiger partial charge >= 0.3 is 0 Å². The van der Waals surface area contributed by atoms with Crippen LogP contribution < -0.4 is 15.4 Å². The second-order valence-electron chi connectivity index (χ2n) is 7.57. The fraction of sp³-hybridized carbons (Fsp3) is 0.364. The van der Waals surface area contributed by atoms with Gasteiger partial charge in [-0.1, -0.05) is 12.1 Å². The van der Waals surface area contributed by atoms with E-state index in [9.17, 15) is 14.7 Å². The lowest BCUT2D eigenvalue weighted by molar-refractivity contribution is -0.117. The van der Waals surface area contributed by atoms with Gasteiger partial charge in [0.2, 0.25) is 11.8 Å². The average Bonchev–Trinajstić information content (AvgIpc) is 3.33. The Labute approximate surface area is 163 Å². The Morgan fingerprint density at radius 3 is 2.68 bits per heavy atom. The van der Waals surface area contributed by atoms with Gasteiger partial charge in [-0.3, -0.25) is 9.59 Å². The Bertz CT molecular complexity index is 905. The van der Waals surface area contributed by atoms with Gasteiger partial charge in [0.15, 0.2) is 11.5 Å². The van der Waals surface area contributed by atoms with Crippen molar-refractivity contribution in [3.8, 4) is 11.5 Å². The van der Waals surface area contributed by atoms with Crippen molar-refractivity contribution < 1.29 is 19.4 Å². The van der Waals surface area contributed by atoms with Crippen molar-refractivity contribution in [3.63, 3.8) is 0 Å². The highest BCUT2D eigenvalue weighted by molar-refractivity contribution is 5.99. The van der Waals surface area contributed by atoms with Crippen LogP contribution in [0.2, 0.25) is 0 Å². The lowest BCUT2D eigenvalue weighted by Crippen LogP contribution is -2.24. The number of amides is 2. The van der Waals surface area contributed by atoms with Gasteiger partial charge in [0, 0.05) is 30.1 Å². The topological polar surface area (TPSA) is 92.9 Å². The van der Waals surface area contributed by atoms with Gasteiger partial charge < -0.3 is 20.5 Å². The van der Waals surface area contributed by atoms with Crippen LogP contribution in [-0.4, -0.2) is 29.6 Å². The van der Waals surface area contributed by atoms with Gasteiger partial charge in [-0.15, -0.1) is 0 Å². The fourth-order valence-corrected chi connectivity index (χ4v) is 4.07. The summed E-state index contributed by atoms with van der Waals surface area (Å²) in [5.74, 6) is 0.100. The number of ether oxygens (including phenoxy) is 1. The summed E-state index contributed by atoms with van der Waals surface area (Å²) in [6.45, 7) is 0.509. The third-order valence-corrected chi connectivity index (χ3v) is 5.62. The summed E-state index contributed by atoms with van der Waals surface area (Å²) in [7, 11) is 0. The summed E-state index contributed by atoms with van der Waals surface area (Å²) in [5.41, 5.74) is 7.37. The number of nitrogens with zero attached hydrogens (tertiary/aromatic N) is 1. The molecule has 2 amide bonds. The number of primary amides is 1. The number of hydrogen-bond acceptors (Lipinski definition) is 4. The molecule has 2 fully saturated rings. The number of carbonyl (C=O) groups is 2. The van der Waals surface area contributed by atoms with Crippen molar-refractivity contribution in [1.82, 2.24) is 0 Å². The molecule has 146 valence electrons. The number of anilines is 1. The van der Waals surface area contributed by atoms with Crippen molar-refractivity contribution in [2.45, 2.75) is 44.1 Å². The first-order chi connectivity index (χ1) is 13.5. The number of phenols is 1. The molecule has 1 atom stereocenters. The van der Waals surface area contributed by atoms with Crippen LogP contribution >= 0.6 is 0 Å². The Balaban J connectivity index is 1.53. The minimum absolute atomic E-state index is 0.00189. The highest BCUT2D eigenvalue weighted by atomic mass is 16.5. The maximum Gasteiger partial charge on any atom is 0.248 e. The first-order valence-electron chi connectivity index (χ1n) is 9.71. The molecule has 0 aromatic heterocycles. The molecule has 2 aromatic rings. The van der Waals surface area contributed by atoms with E-state index >= 15 is 0 Å². The lowest BCUT2D eigenvalue weighted by Gasteiger charge is -2.19. The molecule has 6 nitrogen and oxygen atoms in total. The van der Waals surface area contributed by atoms with Gasteiger partial charge in [0.25, 0.3) is 0 Å². The molecule has 28 heavy (non-hydrogen) atoms. The quantitative estimate of drug-likeness (QED) is 0.832. The largest absolute Gasteiger partial charge is 0.504 e. The third-order valence-electron chi connectivity index (χ3n) is 5.62. The van der Waals surface area contributed by atoms with Crippen molar-refractivity contribution in [3.05, 3.63) is 53.6 Å². The van der Waals surface area contributed by atoms with Crippen molar-refractivity contribution in [2.24, 2.45) is 5.73 Å². The predicted molar refractivity (Wildman–Crippen MR) is 106 cm³/mol. The second kappa shape index (κ2) is 7.54. The summed E-state index contributed by atoms with van der Waals surface area (Å²) in [6, 6.07) is 12.2. The number of nitrogens with two attached hydrogens (primary N) is 1. The van der Waals surface area contributed by atoms with E-state index in [1.807, 2.05) is 12.1 Å². The van der Waals surface area contributed by atoms with E-state index in [1.165, 1.54) is 0 Å². The highest BCUT2D eigenvalue weighted by Crippen LogP contribution is 2.37. The molecule has 6 heteroatoms. The zero-order chi connectivity index (χ0) is 19.7. The molecule has 2 aliphatic rings. The molecule has 0 bridgehead atoms. The normalized spacial score (nSPS) is 19.9. The molecule has 0 spiro atoms. The molecular formula is C22H24N2O4. The smallest absolute Gasteiger partial charge is 0.248 e. The van der Waals surface area contributed by atoms with E-state index in [-0.39, 0.29) is 23.7 Å². The second-order valence-corrected chi connectivity index (χ2v) is 7.57. The molecule has 2 aromatic carbocycles. The summed E-state index contributed by atoms with van der Waals surface area (Å²) in [6.07, 6.45) is 4.85. The van der Waals surface area contributed by atoms with Crippen LogP contribution in [0.25, 0.3) is 0 Å². The van der Waals surface area contributed by atoms with E-state index in [0.717, 1.165) is 31.2 Å². The molecule has 4 rings (SSSR count). The van der Waals surface area contributed by atoms with E-state index in [1.54, 1.807) is 35.2 Å². The Kier molecular flexibility index (Phi) is 4.94. The Morgan fingerprint density at radius 2 is 1.93 bits per heavy atom.